The van der Waals surface area contributed by atoms with Crippen molar-refractivity contribution in [2.45, 2.75) is 43.0 Å². The van der Waals surface area contributed by atoms with Crippen LogP contribution in [0, 0.1) is 0 Å². The van der Waals surface area contributed by atoms with Crippen LogP contribution in [0.3, 0.4) is 0 Å². The summed E-state index contributed by atoms with van der Waals surface area (Å²) in [6.45, 7) is 0. The van der Waals surface area contributed by atoms with Crippen molar-refractivity contribution in [3.63, 3.8) is 0 Å². The molecule has 0 bridgehead atoms. The molecule has 3 aromatic rings. The summed E-state index contributed by atoms with van der Waals surface area (Å²) in [5.74, 6) is 0.348. The molecule has 1 aliphatic carbocycles. The van der Waals surface area contributed by atoms with E-state index in [4.69, 9.17) is 0 Å². The van der Waals surface area contributed by atoms with E-state index in [0.29, 0.717) is 23.1 Å². The smallest absolute Gasteiger partial charge is 0.240 e. The molecule has 29 heavy (non-hydrogen) atoms. The van der Waals surface area contributed by atoms with Crippen LogP contribution in [0.4, 0.5) is 5.69 Å². The van der Waals surface area contributed by atoms with Crippen molar-refractivity contribution in [2.24, 2.45) is 0 Å². The number of aromatic nitrogens is 5. The fourth-order valence-electron chi connectivity index (χ4n) is 3.49. The Hall–Kier alpha value is -2.85. The Labute approximate surface area is 169 Å². The van der Waals surface area contributed by atoms with Crippen LogP contribution in [-0.2, 0) is 10.0 Å². The lowest BCUT2D eigenvalue weighted by Crippen LogP contribution is -2.23. The van der Waals surface area contributed by atoms with Gasteiger partial charge in [0, 0.05) is 23.5 Å². The second-order valence-corrected chi connectivity index (χ2v) is 8.89. The number of benzene rings is 1. The van der Waals surface area contributed by atoms with Crippen LogP contribution in [0.2, 0.25) is 0 Å². The third kappa shape index (κ3) is 4.28. The maximum atomic E-state index is 12.3. The average molecular weight is 414 g/mol. The number of sulfonamides is 1. The van der Waals surface area contributed by atoms with Crippen LogP contribution in [0.1, 0.15) is 32.1 Å². The molecule has 4 rings (SSSR count). The molecule has 0 atom stereocenters. The Morgan fingerprint density at radius 2 is 1.97 bits per heavy atom. The molecule has 1 saturated carbocycles. The van der Waals surface area contributed by atoms with Gasteiger partial charge in [0.1, 0.15) is 5.69 Å². The van der Waals surface area contributed by atoms with Crippen molar-refractivity contribution in [3.8, 4) is 17.1 Å². The van der Waals surface area contributed by atoms with Crippen molar-refractivity contribution >= 4 is 15.7 Å². The third-order valence-electron chi connectivity index (χ3n) is 5.07. The summed E-state index contributed by atoms with van der Waals surface area (Å²) in [6, 6.07) is 8.91. The average Bonchev–Trinajstić information content (AvgIpc) is 3.25. The fraction of sp³-hybridized carbons (Fsp3) is 0.368. The van der Waals surface area contributed by atoms with Gasteiger partial charge in [-0.3, -0.25) is 4.98 Å². The molecule has 0 aliphatic heterocycles. The molecule has 1 aliphatic rings. The number of rotatable bonds is 6. The van der Waals surface area contributed by atoms with Gasteiger partial charge >= 0.3 is 0 Å². The molecule has 2 N–H and O–H groups in total. The minimum atomic E-state index is -3.59. The molecular weight excluding hydrogens is 390 g/mol. The van der Waals surface area contributed by atoms with E-state index in [0.717, 1.165) is 18.5 Å². The monoisotopic (exact) mass is 413 g/mol. The highest BCUT2D eigenvalue weighted by molar-refractivity contribution is 7.89. The molecule has 152 valence electrons. The quantitative estimate of drug-likeness (QED) is 0.637. The van der Waals surface area contributed by atoms with Gasteiger partial charge < -0.3 is 5.32 Å². The summed E-state index contributed by atoms with van der Waals surface area (Å²) in [7, 11) is -2.21. The zero-order valence-corrected chi connectivity index (χ0v) is 16.9. The van der Waals surface area contributed by atoms with Crippen molar-refractivity contribution in [1.82, 2.24) is 29.9 Å². The molecule has 0 saturated heterocycles. The van der Waals surface area contributed by atoms with Crippen molar-refractivity contribution < 1.29 is 8.42 Å². The predicted molar refractivity (Wildman–Crippen MR) is 109 cm³/mol. The maximum absolute atomic E-state index is 12.3. The molecule has 9 nitrogen and oxygen atoms in total. The van der Waals surface area contributed by atoms with Crippen molar-refractivity contribution in [1.29, 1.82) is 0 Å². The molecule has 0 amide bonds. The lowest BCUT2D eigenvalue weighted by Gasteiger charge is -2.25. The Bertz CT molecular complexity index is 1080. The second-order valence-electron chi connectivity index (χ2n) is 7.01. The number of anilines is 1. The van der Waals surface area contributed by atoms with Gasteiger partial charge in [0.05, 0.1) is 11.1 Å². The van der Waals surface area contributed by atoms with E-state index in [1.54, 1.807) is 36.7 Å². The zero-order valence-electron chi connectivity index (χ0n) is 16.1. The molecule has 0 spiro atoms. The van der Waals surface area contributed by atoms with E-state index >= 15 is 0 Å². The van der Waals surface area contributed by atoms with E-state index < -0.39 is 10.0 Å². The highest BCUT2D eigenvalue weighted by Gasteiger charge is 2.21. The molecule has 0 radical (unpaired) electrons. The first-order valence-electron chi connectivity index (χ1n) is 9.62. The molecule has 1 fully saturated rings. The summed E-state index contributed by atoms with van der Waals surface area (Å²) in [6.07, 6.45) is 9.11. The number of hydrogen-bond donors (Lipinski definition) is 2. The molecule has 2 aromatic heterocycles. The van der Waals surface area contributed by atoms with Gasteiger partial charge in [-0.05, 0) is 55.4 Å². The number of hydrogen-bond acceptors (Lipinski definition) is 7. The van der Waals surface area contributed by atoms with E-state index in [1.807, 2.05) is 6.07 Å². The van der Waals surface area contributed by atoms with E-state index in [2.05, 4.69) is 30.4 Å². The molecular formula is C19H23N7O2S. The summed E-state index contributed by atoms with van der Waals surface area (Å²) in [5, 5.41) is 16.3. The van der Waals surface area contributed by atoms with Crippen molar-refractivity contribution in [2.75, 3.05) is 12.4 Å². The van der Waals surface area contributed by atoms with Crippen LogP contribution in [0.25, 0.3) is 17.1 Å². The second kappa shape index (κ2) is 8.26. The summed E-state index contributed by atoms with van der Waals surface area (Å²) in [4.78, 5) is 5.60. The standard InChI is InChI=1S/C19H23N7O2S/c1-20-29(27,28)16-9-10-18(22-14-6-3-2-4-7-14)17(12-16)19-23-25-26(24-19)15-8-5-11-21-13-15/h5,8-14,20,22H,2-4,6-7H2,1H3. The van der Waals surface area contributed by atoms with Gasteiger partial charge in [-0.2, -0.15) is 0 Å². The summed E-state index contributed by atoms with van der Waals surface area (Å²) < 4.78 is 27.0. The number of tetrazole rings is 1. The van der Waals surface area contributed by atoms with Gasteiger partial charge in [0.15, 0.2) is 0 Å². The molecule has 10 heteroatoms. The first-order chi connectivity index (χ1) is 14.1. The van der Waals surface area contributed by atoms with Crippen LogP contribution in [0.15, 0.2) is 47.6 Å². The minimum absolute atomic E-state index is 0.155. The molecule has 0 unspecified atom stereocenters. The highest BCUT2D eigenvalue weighted by Crippen LogP contribution is 2.31. The van der Waals surface area contributed by atoms with Crippen molar-refractivity contribution in [3.05, 3.63) is 42.7 Å². The maximum Gasteiger partial charge on any atom is 0.240 e. The summed E-state index contributed by atoms with van der Waals surface area (Å²) >= 11 is 0. The van der Waals surface area contributed by atoms with Gasteiger partial charge in [-0.15, -0.1) is 15.0 Å². The van der Waals surface area contributed by atoms with Gasteiger partial charge in [0.2, 0.25) is 15.8 Å². The van der Waals surface area contributed by atoms with Gasteiger partial charge in [0.25, 0.3) is 0 Å². The lowest BCUT2D eigenvalue weighted by atomic mass is 9.95. The zero-order chi connectivity index (χ0) is 20.3. The largest absolute Gasteiger partial charge is 0.382 e. The Balaban J connectivity index is 1.74. The minimum Gasteiger partial charge on any atom is -0.382 e. The van der Waals surface area contributed by atoms with Gasteiger partial charge in [-0.25, -0.2) is 13.1 Å². The van der Waals surface area contributed by atoms with E-state index in [9.17, 15) is 8.42 Å². The lowest BCUT2D eigenvalue weighted by molar-refractivity contribution is 0.463. The van der Waals surface area contributed by atoms with Crippen LogP contribution in [0.5, 0.6) is 0 Å². The first kappa shape index (κ1) is 19.5. The molecule has 2 heterocycles. The molecule has 1 aromatic carbocycles. The van der Waals surface area contributed by atoms with E-state index in [-0.39, 0.29) is 4.90 Å². The van der Waals surface area contributed by atoms with Crippen LogP contribution < -0.4 is 10.0 Å². The van der Waals surface area contributed by atoms with E-state index in [1.165, 1.54) is 31.1 Å². The highest BCUT2D eigenvalue weighted by atomic mass is 32.2. The number of pyridine rings is 1. The van der Waals surface area contributed by atoms with Crippen LogP contribution >= 0.6 is 0 Å². The van der Waals surface area contributed by atoms with Gasteiger partial charge in [-0.1, -0.05) is 19.3 Å². The number of nitrogens with one attached hydrogen (secondary N) is 2. The summed E-state index contributed by atoms with van der Waals surface area (Å²) in [5.41, 5.74) is 2.08. The Morgan fingerprint density at radius 3 is 2.69 bits per heavy atom. The van der Waals surface area contributed by atoms with Crippen LogP contribution in [-0.4, -0.2) is 46.7 Å². The fourth-order valence-corrected chi connectivity index (χ4v) is 4.25. The topological polar surface area (TPSA) is 115 Å². The Kier molecular flexibility index (Phi) is 5.54. The third-order valence-corrected chi connectivity index (χ3v) is 6.48. The Morgan fingerprint density at radius 1 is 1.14 bits per heavy atom. The first-order valence-corrected chi connectivity index (χ1v) is 11.1. The SMILES string of the molecule is CNS(=O)(=O)c1ccc(NC2CCCCC2)c(-c2nnn(-c3cccnc3)n2)c1. The normalized spacial score (nSPS) is 15.3. The number of nitrogens with zero attached hydrogens (tertiary/aromatic N) is 5. The predicted octanol–water partition coefficient (Wildman–Crippen LogP) is 2.38.